The van der Waals surface area contributed by atoms with Crippen molar-refractivity contribution in [2.45, 2.75) is 57.7 Å². The van der Waals surface area contributed by atoms with Crippen molar-refractivity contribution in [1.82, 2.24) is 35.5 Å². The van der Waals surface area contributed by atoms with Crippen molar-refractivity contribution in [3.63, 3.8) is 0 Å². The van der Waals surface area contributed by atoms with E-state index in [9.17, 15) is 14.7 Å². The normalized spacial score (nSPS) is 19.0. The number of nitrogens with zero attached hydrogens (tertiary/aromatic N) is 3. The largest absolute Gasteiger partial charge is 0.465 e. The molecule has 2 aromatic heterocycles. The van der Waals surface area contributed by atoms with Crippen LogP contribution in [0.4, 0.5) is 4.79 Å². The predicted octanol–water partition coefficient (Wildman–Crippen LogP) is 3.58. The molecule has 0 saturated carbocycles. The third-order valence-electron chi connectivity index (χ3n) is 7.31. The summed E-state index contributed by atoms with van der Waals surface area (Å²) >= 11 is 0. The van der Waals surface area contributed by atoms with Gasteiger partial charge < -0.3 is 30.6 Å². The van der Waals surface area contributed by atoms with Crippen molar-refractivity contribution in [3.05, 3.63) is 59.6 Å². The van der Waals surface area contributed by atoms with Crippen molar-refractivity contribution in [2.75, 3.05) is 13.1 Å². The lowest BCUT2D eigenvalue weighted by atomic mass is 10.0. The highest BCUT2D eigenvalue weighted by Gasteiger charge is 2.37. The number of rotatable bonds is 6. The summed E-state index contributed by atoms with van der Waals surface area (Å²) in [5.74, 6) is 13.1. The van der Waals surface area contributed by atoms with E-state index in [2.05, 4.69) is 54.3 Å². The second-order valence-electron chi connectivity index (χ2n) is 10.5. The van der Waals surface area contributed by atoms with E-state index >= 15 is 0 Å². The van der Waals surface area contributed by atoms with Gasteiger partial charge in [0.15, 0.2) is 0 Å². The number of benzene rings is 1. The van der Waals surface area contributed by atoms with Gasteiger partial charge in [0.2, 0.25) is 5.91 Å². The van der Waals surface area contributed by atoms with Gasteiger partial charge in [-0.15, -0.1) is 0 Å². The molecule has 0 radical (unpaired) electrons. The Labute approximate surface area is 233 Å². The molecule has 0 aliphatic carbocycles. The fourth-order valence-corrected chi connectivity index (χ4v) is 5.22. The first-order chi connectivity index (χ1) is 19.4. The van der Waals surface area contributed by atoms with Gasteiger partial charge in [0.1, 0.15) is 23.4 Å². The van der Waals surface area contributed by atoms with Gasteiger partial charge in [-0.3, -0.25) is 4.79 Å². The van der Waals surface area contributed by atoms with Crippen LogP contribution in [0.5, 0.6) is 0 Å². The SMILES string of the molecule is CC(C)[C@H](NC(=O)O)C(=O)N1CCCC1c1ncc(-c2ccc(C#CC#Cc3cnc(C4CCCN4)[nH]3)cc2)[nH]1. The Morgan fingerprint density at radius 2 is 1.80 bits per heavy atom. The molecule has 2 amide bonds. The van der Waals surface area contributed by atoms with Crippen LogP contribution in [0, 0.1) is 29.6 Å². The molecule has 2 unspecified atom stereocenters. The second kappa shape index (κ2) is 12.1. The summed E-state index contributed by atoms with van der Waals surface area (Å²) in [6, 6.07) is 7.06. The number of carbonyl (C=O) groups excluding carboxylic acids is 1. The zero-order chi connectivity index (χ0) is 28.1. The molecule has 10 nitrogen and oxygen atoms in total. The van der Waals surface area contributed by atoms with Gasteiger partial charge in [0.25, 0.3) is 0 Å². The smallest absolute Gasteiger partial charge is 0.405 e. The summed E-state index contributed by atoms with van der Waals surface area (Å²) in [6.07, 6.45) is 6.15. The fraction of sp³-hybridized carbons (Fsp3) is 0.400. The second-order valence-corrected chi connectivity index (χ2v) is 10.5. The number of imidazole rings is 2. The average Bonchev–Trinajstić information content (AvgIpc) is 3.75. The van der Waals surface area contributed by atoms with Crippen molar-refractivity contribution >= 4 is 12.0 Å². The summed E-state index contributed by atoms with van der Waals surface area (Å²) < 4.78 is 0. The number of carboxylic acid groups (broad SMARTS) is 1. The number of nitrogens with one attached hydrogen (secondary N) is 4. The van der Waals surface area contributed by atoms with E-state index in [1.807, 2.05) is 38.1 Å². The van der Waals surface area contributed by atoms with Gasteiger partial charge in [-0.2, -0.15) is 0 Å². The van der Waals surface area contributed by atoms with Crippen LogP contribution in [-0.4, -0.2) is 61.1 Å². The minimum Gasteiger partial charge on any atom is -0.465 e. The highest BCUT2D eigenvalue weighted by atomic mass is 16.4. The van der Waals surface area contributed by atoms with Crippen LogP contribution in [0.3, 0.4) is 0 Å². The zero-order valence-electron chi connectivity index (χ0n) is 22.6. The maximum atomic E-state index is 13.2. The number of amides is 2. The monoisotopic (exact) mass is 539 g/mol. The van der Waals surface area contributed by atoms with Crippen LogP contribution >= 0.6 is 0 Å². The van der Waals surface area contributed by atoms with E-state index < -0.39 is 12.1 Å². The average molecular weight is 540 g/mol. The van der Waals surface area contributed by atoms with E-state index in [-0.39, 0.29) is 23.9 Å². The van der Waals surface area contributed by atoms with Crippen molar-refractivity contribution in [1.29, 1.82) is 0 Å². The maximum absolute atomic E-state index is 13.2. The molecule has 2 fully saturated rings. The van der Waals surface area contributed by atoms with Gasteiger partial charge >= 0.3 is 6.09 Å². The number of likely N-dealkylation sites (tertiary alicyclic amines) is 1. The molecular weight excluding hydrogens is 506 g/mol. The van der Waals surface area contributed by atoms with E-state index in [4.69, 9.17) is 0 Å². The first-order valence-corrected chi connectivity index (χ1v) is 13.6. The molecule has 4 heterocycles. The van der Waals surface area contributed by atoms with Gasteiger partial charge in [-0.05, 0) is 73.6 Å². The van der Waals surface area contributed by atoms with E-state index in [1.54, 1.807) is 17.3 Å². The number of aromatic nitrogens is 4. The summed E-state index contributed by atoms with van der Waals surface area (Å²) in [4.78, 5) is 41.8. The molecule has 0 spiro atoms. The van der Waals surface area contributed by atoms with Crippen molar-refractivity contribution in [2.24, 2.45) is 5.92 Å². The van der Waals surface area contributed by atoms with Crippen molar-refractivity contribution in [3.8, 4) is 34.9 Å². The topological polar surface area (TPSA) is 139 Å². The molecular formula is C30H33N7O3. The highest BCUT2D eigenvalue weighted by molar-refractivity contribution is 5.86. The summed E-state index contributed by atoms with van der Waals surface area (Å²) in [5, 5.41) is 15.0. The van der Waals surface area contributed by atoms with Gasteiger partial charge in [-0.1, -0.05) is 31.9 Å². The third-order valence-corrected chi connectivity index (χ3v) is 7.31. The molecule has 40 heavy (non-hydrogen) atoms. The number of hydrogen-bond donors (Lipinski definition) is 5. The predicted molar refractivity (Wildman–Crippen MR) is 150 cm³/mol. The molecule has 2 aliphatic heterocycles. The number of carbonyl (C=O) groups is 2. The minimum absolute atomic E-state index is 0.165. The Morgan fingerprint density at radius 3 is 2.52 bits per heavy atom. The Hall–Kier alpha value is -4.54. The standard InChI is InChI=1S/C30H33N7O3/c1-19(2)26(36-30(39)40)29(38)37-16-6-10-25(37)28-33-18-24(35-28)21-13-11-20(12-14-21)7-3-4-8-22-17-32-27(34-22)23-9-5-15-31-23/h11-14,17-19,23,25-26,31,36H,5-6,9-10,15-16H2,1-2H3,(H,32,34)(H,33,35)(H,39,40)/t23?,25?,26-/m0/s1. The van der Waals surface area contributed by atoms with Crippen molar-refractivity contribution < 1.29 is 14.7 Å². The molecule has 206 valence electrons. The Bertz CT molecular complexity index is 1480. The van der Waals surface area contributed by atoms with E-state index in [0.29, 0.717) is 12.4 Å². The quantitative estimate of drug-likeness (QED) is 0.304. The summed E-state index contributed by atoms with van der Waals surface area (Å²) in [5.41, 5.74) is 3.38. The third kappa shape index (κ3) is 6.19. The number of H-pyrrole nitrogens is 2. The van der Waals surface area contributed by atoms with Crippen LogP contribution in [0.2, 0.25) is 0 Å². The molecule has 3 aromatic rings. The van der Waals surface area contributed by atoms with Crippen LogP contribution in [-0.2, 0) is 4.79 Å². The van der Waals surface area contributed by atoms with Gasteiger partial charge in [0.05, 0.1) is 30.2 Å². The highest BCUT2D eigenvalue weighted by Crippen LogP contribution is 2.32. The molecule has 0 bridgehead atoms. The van der Waals surface area contributed by atoms with Crippen LogP contribution in [0.15, 0.2) is 36.7 Å². The molecule has 5 N–H and O–H groups in total. The van der Waals surface area contributed by atoms with Gasteiger partial charge in [0, 0.05) is 12.1 Å². The molecule has 2 saturated heterocycles. The maximum Gasteiger partial charge on any atom is 0.405 e. The zero-order valence-corrected chi connectivity index (χ0v) is 22.6. The molecule has 3 atom stereocenters. The van der Waals surface area contributed by atoms with Crippen LogP contribution in [0.25, 0.3) is 11.3 Å². The Kier molecular flexibility index (Phi) is 8.18. The summed E-state index contributed by atoms with van der Waals surface area (Å²) in [6.45, 7) is 5.25. The summed E-state index contributed by atoms with van der Waals surface area (Å²) in [7, 11) is 0. The first-order valence-electron chi connectivity index (χ1n) is 13.6. The molecule has 5 rings (SSSR count). The fourth-order valence-electron chi connectivity index (χ4n) is 5.22. The lowest BCUT2D eigenvalue weighted by Gasteiger charge is -2.29. The number of hydrogen-bond acceptors (Lipinski definition) is 5. The van der Waals surface area contributed by atoms with E-state index in [0.717, 1.165) is 60.6 Å². The first kappa shape index (κ1) is 27.0. The molecule has 2 aliphatic rings. The minimum atomic E-state index is -1.20. The molecule has 1 aromatic carbocycles. The lowest BCUT2D eigenvalue weighted by Crippen LogP contribution is -2.50. The Morgan fingerprint density at radius 1 is 1.02 bits per heavy atom. The Balaban J connectivity index is 1.22. The number of aromatic amines is 2. The lowest BCUT2D eigenvalue weighted by molar-refractivity contribution is -0.135. The van der Waals surface area contributed by atoms with Gasteiger partial charge in [-0.25, -0.2) is 14.8 Å². The van der Waals surface area contributed by atoms with Crippen LogP contribution < -0.4 is 10.6 Å². The molecule has 10 heteroatoms. The van der Waals surface area contributed by atoms with Crippen LogP contribution in [0.1, 0.15) is 74.5 Å². The van der Waals surface area contributed by atoms with E-state index in [1.165, 1.54) is 0 Å².